The van der Waals surface area contributed by atoms with Crippen molar-refractivity contribution in [1.82, 2.24) is 40.2 Å². The summed E-state index contributed by atoms with van der Waals surface area (Å²) in [4.78, 5) is 4.41. The minimum atomic E-state index is -4.49. The van der Waals surface area contributed by atoms with Crippen molar-refractivity contribution in [3.63, 3.8) is 0 Å². The number of rotatable bonds is 8. The Morgan fingerprint density at radius 3 is 2.46 bits per heavy atom. The van der Waals surface area contributed by atoms with Crippen LogP contribution in [0.5, 0.6) is 0 Å². The molecule has 3 heterocycles. The van der Waals surface area contributed by atoms with Gasteiger partial charge in [0.1, 0.15) is 24.2 Å². The lowest BCUT2D eigenvalue weighted by Gasteiger charge is -2.23. The Morgan fingerprint density at radius 1 is 1.07 bits per heavy atom. The molecule has 1 aliphatic rings. The predicted octanol–water partition coefficient (Wildman–Crippen LogP) is 5.56. The maximum atomic E-state index is 14.0. The number of nitriles is 2. The van der Waals surface area contributed by atoms with Gasteiger partial charge in [0.15, 0.2) is 5.54 Å². The second-order valence-electron chi connectivity index (χ2n) is 12.5. The SMILES string of the molecule is Cc1c(C(Nc2cc(C#N)c3ncc(C#N)c(NCC(C)(C)C)c3c2)c2cn(C3(C(F)(F)F)CC3)nn2)cccc1-n1cnnn1. The zero-order chi connectivity index (χ0) is 32.9. The highest BCUT2D eigenvalue weighted by Gasteiger charge is 2.66. The van der Waals surface area contributed by atoms with Crippen LogP contribution in [0.4, 0.5) is 24.5 Å². The number of hydrogen-bond acceptors (Lipinski definition) is 10. The standard InChI is InChI=1S/C31H29F3N12/c1-18-22(6-5-7-25(18)45-17-39-42-44-45)28(24-15-46(43-41-24)30(8-9-30)31(32,33)34)40-21-10-19(12-35)26-23(11-21)27(20(13-36)14-37-26)38-16-29(2,3)4/h5-7,10-11,14-15,17,28,40H,8-9,16H2,1-4H3,(H,37,38). The van der Waals surface area contributed by atoms with Crippen molar-refractivity contribution in [2.24, 2.45) is 5.41 Å². The van der Waals surface area contributed by atoms with Crippen LogP contribution in [0.1, 0.15) is 67.6 Å². The highest BCUT2D eigenvalue weighted by molar-refractivity contribution is 5.99. The van der Waals surface area contributed by atoms with Gasteiger partial charge in [0.25, 0.3) is 0 Å². The molecule has 2 N–H and O–H groups in total. The maximum absolute atomic E-state index is 14.0. The largest absolute Gasteiger partial charge is 0.413 e. The fraction of sp³-hybridized carbons (Fsp3) is 0.355. The molecule has 0 radical (unpaired) electrons. The number of alkyl halides is 3. The molecule has 15 heteroatoms. The Balaban J connectivity index is 1.50. The van der Waals surface area contributed by atoms with Crippen LogP contribution in [-0.2, 0) is 5.54 Å². The number of nitrogens with zero attached hydrogens (tertiary/aromatic N) is 10. The van der Waals surface area contributed by atoms with E-state index in [-0.39, 0.29) is 29.5 Å². The number of pyridine rings is 1. The minimum Gasteiger partial charge on any atom is -0.383 e. The van der Waals surface area contributed by atoms with Gasteiger partial charge >= 0.3 is 6.18 Å². The first kappa shape index (κ1) is 30.5. The van der Waals surface area contributed by atoms with Crippen molar-refractivity contribution in [1.29, 1.82) is 10.5 Å². The van der Waals surface area contributed by atoms with E-state index in [0.717, 1.165) is 10.2 Å². The van der Waals surface area contributed by atoms with Crippen LogP contribution >= 0.6 is 0 Å². The van der Waals surface area contributed by atoms with Gasteiger partial charge in [0.05, 0.1) is 40.3 Å². The second kappa shape index (κ2) is 11.1. The molecule has 0 saturated heterocycles. The zero-order valence-corrected chi connectivity index (χ0v) is 25.4. The van der Waals surface area contributed by atoms with Crippen molar-refractivity contribution in [3.8, 4) is 17.8 Å². The molecule has 5 aromatic rings. The Kier molecular flexibility index (Phi) is 7.35. The number of fused-ring (bicyclic) bond motifs is 1. The van der Waals surface area contributed by atoms with Crippen molar-refractivity contribution in [2.75, 3.05) is 17.2 Å². The van der Waals surface area contributed by atoms with Crippen LogP contribution in [0.3, 0.4) is 0 Å². The summed E-state index contributed by atoms with van der Waals surface area (Å²) in [6, 6.07) is 12.4. The first-order valence-electron chi connectivity index (χ1n) is 14.4. The molecule has 12 nitrogen and oxygen atoms in total. The molecule has 6 rings (SSSR count). The summed E-state index contributed by atoms with van der Waals surface area (Å²) in [6.07, 6.45) is -0.456. The van der Waals surface area contributed by atoms with E-state index < -0.39 is 17.8 Å². The summed E-state index contributed by atoms with van der Waals surface area (Å²) in [5, 5.41) is 46.9. The van der Waals surface area contributed by atoms with E-state index in [0.29, 0.717) is 45.6 Å². The summed E-state index contributed by atoms with van der Waals surface area (Å²) >= 11 is 0. The third-order valence-electron chi connectivity index (χ3n) is 8.07. The van der Waals surface area contributed by atoms with Gasteiger partial charge in [-0.1, -0.05) is 38.1 Å². The van der Waals surface area contributed by atoms with Crippen molar-refractivity contribution >= 4 is 22.3 Å². The molecule has 0 bridgehead atoms. The fourth-order valence-corrected chi connectivity index (χ4v) is 5.43. The second-order valence-corrected chi connectivity index (χ2v) is 12.5. The van der Waals surface area contributed by atoms with Gasteiger partial charge < -0.3 is 10.6 Å². The molecular weight excluding hydrogens is 597 g/mol. The molecule has 0 amide bonds. The Labute approximate surface area is 261 Å². The third-order valence-corrected chi connectivity index (χ3v) is 8.07. The van der Waals surface area contributed by atoms with Gasteiger partial charge in [-0.05, 0) is 64.9 Å². The summed E-state index contributed by atoms with van der Waals surface area (Å²) in [5.41, 5.74) is 2.05. The van der Waals surface area contributed by atoms with Crippen molar-refractivity contribution < 1.29 is 13.2 Å². The average molecular weight is 627 g/mol. The molecular formula is C31H29F3N12. The number of hydrogen-bond donors (Lipinski definition) is 2. The van der Waals surface area contributed by atoms with Crippen molar-refractivity contribution in [2.45, 2.75) is 58.3 Å². The van der Waals surface area contributed by atoms with E-state index in [4.69, 9.17) is 0 Å². The van der Waals surface area contributed by atoms with Gasteiger partial charge in [0, 0.05) is 23.8 Å². The Hall–Kier alpha value is -5.57. The normalized spacial score (nSPS) is 14.8. The van der Waals surface area contributed by atoms with E-state index in [2.05, 4.69) is 74.4 Å². The fourth-order valence-electron chi connectivity index (χ4n) is 5.43. The van der Waals surface area contributed by atoms with E-state index in [1.807, 2.05) is 19.1 Å². The monoisotopic (exact) mass is 626 g/mol. The Morgan fingerprint density at radius 2 is 1.83 bits per heavy atom. The summed E-state index contributed by atoms with van der Waals surface area (Å²) in [7, 11) is 0. The van der Waals surface area contributed by atoms with Crippen LogP contribution < -0.4 is 10.6 Å². The van der Waals surface area contributed by atoms with Crippen molar-refractivity contribution in [3.05, 3.63) is 77.0 Å². The lowest BCUT2D eigenvalue weighted by atomic mass is 9.95. The smallest absolute Gasteiger partial charge is 0.383 e. The van der Waals surface area contributed by atoms with Crippen LogP contribution in [-0.4, -0.2) is 52.9 Å². The molecule has 1 atom stereocenters. The predicted molar refractivity (Wildman–Crippen MR) is 162 cm³/mol. The minimum absolute atomic E-state index is 0.0834. The molecule has 1 aliphatic carbocycles. The molecule has 0 aliphatic heterocycles. The molecule has 234 valence electrons. The van der Waals surface area contributed by atoms with Crippen LogP contribution in [0.15, 0.2) is 49.1 Å². The quantitative estimate of drug-likeness (QED) is 0.223. The summed E-state index contributed by atoms with van der Waals surface area (Å²) in [6.45, 7) is 8.55. The molecule has 3 aromatic heterocycles. The van der Waals surface area contributed by atoms with Gasteiger partial charge in [-0.2, -0.15) is 23.7 Å². The van der Waals surface area contributed by atoms with Gasteiger partial charge in [0.2, 0.25) is 0 Å². The molecule has 2 aromatic carbocycles. The van der Waals surface area contributed by atoms with Crippen LogP contribution in [0, 0.1) is 35.0 Å². The molecule has 46 heavy (non-hydrogen) atoms. The Bertz CT molecular complexity index is 2010. The number of tetrazole rings is 1. The van der Waals surface area contributed by atoms with Gasteiger partial charge in [-0.15, -0.1) is 10.2 Å². The number of halogens is 3. The zero-order valence-electron chi connectivity index (χ0n) is 25.4. The third kappa shape index (κ3) is 5.45. The van der Waals surface area contributed by atoms with E-state index in [1.165, 1.54) is 23.4 Å². The summed E-state index contributed by atoms with van der Waals surface area (Å²) < 4.78 is 44.4. The summed E-state index contributed by atoms with van der Waals surface area (Å²) in [5.74, 6) is 0. The lowest BCUT2D eigenvalue weighted by Crippen LogP contribution is -2.35. The van der Waals surface area contributed by atoms with E-state index in [9.17, 15) is 23.7 Å². The van der Waals surface area contributed by atoms with Gasteiger partial charge in [-0.3, -0.25) is 4.98 Å². The first-order valence-corrected chi connectivity index (χ1v) is 14.4. The highest BCUT2D eigenvalue weighted by Crippen LogP contribution is 2.55. The highest BCUT2D eigenvalue weighted by atomic mass is 19.4. The number of anilines is 2. The molecule has 1 unspecified atom stereocenters. The number of aromatic nitrogens is 8. The van der Waals surface area contributed by atoms with Crippen LogP contribution in [0.25, 0.3) is 16.6 Å². The first-order chi connectivity index (χ1) is 21.8. The number of benzene rings is 2. The maximum Gasteiger partial charge on any atom is 0.413 e. The topological polar surface area (TPSA) is 159 Å². The van der Waals surface area contributed by atoms with Crippen LogP contribution in [0.2, 0.25) is 0 Å². The molecule has 1 fully saturated rings. The molecule has 1 saturated carbocycles. The van der Waals surface area contributed by atoms with E-state index >= 15 is 0 Å². The number of nitrogens with one attached hydrogen (secondary N) is 2. The van der Waals surface area contributed by atoms with E-state index in [1.54, 1.807) is 18.2 Å². The average Bonchev–Trinajstić information content (AvgIpc) is 3.41. The molecule has 0 spiro atoms. The lowest BCUT2D eigenvalue weighted by molar-refractivity contribution is -0.182. The van der Waals surface area contributed by atoms with Gasteiger partial charge in [-0.25, -0.2) is 9.36 Å².